The van der Waals surface area contributed by atoms with Gasteiger partial charge in [-0.25, -0.2) is 4.39 Å². The average Bonchev–Trinajstić information content (AvgIpc) is 2.29. The number of hydrogen-bond donors (Lipinski definition) is 1. The molecule has 1 aromatic carbocycles. The molecule has 1 fully saturated rings. The van der Waals surface area contributed by atoms with Crippen molar-refractivity contribution in [3.8, 4) is 0 Å². The van der Waals surface area contributed by atoms with Gasteiger partial charge in [0, 0.05) is 37.4 Å². The zero-order valence-electron chi connectivity index (χ0n) is 8.37. The van der Waals surface area contributed by atoms with Crippen LogP contribution in [0.4, 0.5) is 10.1 Å². The van der Waals surface area contributed by atoms with Crippen molar-refractivity contribution in [2.45, 2.75) is 0 Å². The summed E-state index contributed by atoms with van der Waals surface area (Å²) in [7, 11) is 0. The number of carbonyl (C=O) groups excluding carboxylic acids is 1. The van der Waals surface area contributed by atoms with Gasteiger partial charge in [0.25, 0.3) is 0 Å². The molecule has 1 aliphatic heterocycles. The Morgan fingerprint density at radius 3 is 2.67 bits per heavy atom. The van der Waals surface area contributed by atoms with E-state index in [0.29, 0.717) is 11.8 Å². The molecule has 0 bridgehead atoms. The first-order valence-corrected chi connectivity index (χ1v) is 5.01. The number of benzene rings is 1. The standard InChI is InChI=1S/C11H13FN2O/c12-10-5-9(8-15)6-11(7-10)14-3-1-13-2-4-14/h5-8,13H,1-4H2. The molecule has 0 unspecified atom stereocenters. The van der Waals surface area contributed by atoms with Crippen LogP contribution in [-0.2, 0) is 0 Å². The Morgan fingerprint density at radius 1 is 1.27 bits per heavy atom. The Labute approximate surface area is 87.9 Å². The highest BCUT2D eigenvalue weighted by Crippen LogP contribution is 2.18. The highest BCUT2D eigenvalue weighted by Gasteiger charge is 2.11. The molecule has 0 aromatic heterocycles. The van der Waals surface area contributed by atoms with Gasteiger partial charge in [-0.2, -0.15) is 0 Å². The zero-order valence-corrected chi connectivity index (χ0v) is 8.37. The van der Waals surface area contributed by atoms with E-state index in [1.54, 1.807) is 6.07 Å². The molecule has 0 spiro atoms. The maximum absolute atomic E-state index is 13.2. The fraction of sp³-hybridized carbons (Fsp3) is 0.364. The summed E-state index contributed by atoms with van der Waals surface area (Å²) in [6.45, 7) is 3.49. The van der Waals surface area contributed by atoms with Crippen molar-refractivity contribution < 1.29 is 9.18 Å². The number of carbonyl (C=O) groups is 1. The van der Waals surface area contributed by atoms with E-state index in [9.17, 15) is 9.18 Å². The number of piperazine rings is 1. The van der Waals surface area contributed by atoms with Crippen LogP contribution in [0.5, 0.6) is 0 Å². The van der Waals surface area contributed by atoms with Crippen LogP contribution >= 0.6 is 0 Å². The van der Waals surface area contributed by atoms with Crippen molar-refractivity contribution in [2.24, 2.45) is 0 Å². The molecule has 1 saturated heterocycles. The molecular formula is C11H13FN2O. The first-order valence-electron chi connectivity index (χ1n) is 5.01. The van der Waals surface area contributed by atoms with Crippen molar-refractivity contribution in [3.63, 3.8) is 0 Å². The normalized spacial score (nSPS) is 16.5. The molecule has 3 nitrogen and oxygen atoms in total. The van der Waals surface area contributed by atoms with Crippen molar-refractivity contribution in [2.75, 3.05) is 31.1 Å². The maximum Gasteiger partial charge on any atom is 0.150 e. The van der Waals surface area contributed by atoms with Crippen molar-refractivity contribution in [3.05, 3.63) is 29.6 Å². The van der Waals surface area contributed by atoms with Crippen LogP contribution in [0.25, 0.3) is 0 Å². The van der Waals surface area contributed by atoms with E-state index < -0.39 is 0 Å². The largest absolute Gasteiger partial charge is 0.369 e. The molecule has 4 heteroatoms. The third-order valence-electron chi connectivity index (χ3n) is 2.52. The maximum atomic E-state index is 13.2. The molecule has 1 aliphatic rings. The lowest BCUT2D eigenvalue weighted by molar-refractivity contribution is 0.112. The minimum atomic E-state index is -0.354. The number of aldehydes is 1. The van der Waals surface area contributed by atoms with E-state index in [1.165, 1.54) is 12.1 Å². The van der Waals surface area contributed by atoms with Gasteiger partial charge in [-0.3, -0.25) is 4.79 Å². The number of hydrogen-bond acceptors (Lipinski definition) is 3. The van der Waals surface area contributed by atoms with Crippen molar-refractivity contribution >= 4 is 12.0 Å². The Bertz CT molecular complexity index is 362. The zero-order chi connectivity index (χ0) is 10.7. The van der Waals surface area contributed by atoms with Gasteiger partial charge in [0.2, 0.25) is 0 Å². The topological polar surface area (TPSA) is 32.3 Å². The Kier molecular flexibility index (Phi) is 2.97. The summed E-state index contributed by atoms with van der Waals surface area (Å²) in [5.41, 5.74) is 1.18. The number of nitrogens with zero attached hydrogens (tertiary/aromatic N) is 1. The lowest BCUT2D eigenvalue weighted by Crippen LogP contribution is -2.43. The smallest absolute Gasteiger partial charge is 0.150 e. The van der Waals surface area contributed by atoms with Crippen LogP contribution in [0.3, 0.4) is 0 Å². The molecule has 0 aliphatic carbocycles. The molecule has 0 saturated carbocycles. The SMILES string of the molecule is O=Cc1cc(F)cc(N2CCNCC2)c1. The predicted molar refractivity (Wildman–Crippen MR) is 56.9 cm³/mol. The van der Waals surface area contributed by atoms with Crippen LogP contribution in [0, 0.1) is 5.82 Å². The van der Waals surface area contributed by atoms with Gasteiger partial charge in [0.05, 0.1) is 0 Å². The van der Waals surface area contributed by atoms with E-state index >= 15 is 0 Å². The Hall–Kier alpha value is -1.42. The molecular weight excluding hydrogens is 195 g/mol. The van der Waals surface area contributed by atoms with Crippen LogP contribution in [0.15, 0.2) is 18.2 Å². The van der Waals surface area contributed by atoms with Gasteiger partial charge in [-0.05, 0) is 18.2 Å². The van der Waals surface area contributed by atoms with Gasteiger partial charge < -0.3 is 10.2 Å². The minimum Gasteiger partial charge on any atom is -0.369 e. The van der Waals surface area contributed by atoms with E-state index in [-0.39, 0.29) is 5.82 Å². The lowest BCUT2D eigenvalue weighted by Gasteiger charge is -2.29. The summed E-state index contributed by atoms with van der Waals surface area (Å²) in [5, 5.41) is 3.22. The molecule has 0 radical (unpaired) electrons. The molecule has 0 atom stereocenters. The van der Waals surface area contributed by atoms with Gasteiger partial charge in [-0.15, -0.1) is 0 Å². The van der Waals surface area contributed by atoms with Crippen molar-refractivity contribution in [1.29, 1.82) is 0 Å². The molecule has 0 amide bonds. The monoisotopic (exact) mass is 208 g/mol. The molecule has 2 rings (SSSR count). The Balaban J connectivity index is 2.25. The first-order chi connectivity index (χ1) is 7.29. The average molecular weight is 208 g/mol. The van der Waals surface area contributed by atoms with Crippen LogP contribution < -0.4 is 10.2 Å². The molecule has 1 heterocycles. The second kappa shape index (κ2) is 4.40. The molecule has 1 N–H and O–H groups in total. The lowest BCUT2D eigenvalue weighted by atomic mass is 10.2. The Morgan fingerprint density at radius 2 is 2.00 bits per heavy atom. The summed E-state index contributed by atoms with van der Waals surface area (Å²) in [6, 6.07) is 4.44. The second-order valence-corrected chi connectivity index (χ2v) is 3.60. The molecule has 1 aromatic rings. The summed E-state index contributed by atoms with van der Waals surface area (Å²) >= 11 is 0. The third-order valence-corrected chi connectivity index (χ3v) is 2.52. The van der Waals surface area contributed by atoms with Crippen LogP contribution in [-0.4, -0.2) is 32.5 Å². The molecule has 15 heavy (non-hydrogen) atoms. The number of halogens is 1. The summed E-state index contributed by atoms with van der Waals surface area (Å²) in [6.07, 6.45) is 0.675. The quantitative estimate of drug-likeness (QED) is 0.737. The summed E-state index contributed by atoms with van der Waals surface area (Å²) in [5.74, 6) is -0.354. The second-order valence-electron chi connectivity index (χ2n) is 3.60. The van der Waals surface area contributed by atoms with Crippen molar-refractivity contribution in [1.82, 2.24) is 5.32 Å². The van der Waals surface area contributed by atoms with Gasteiger partial charge in [-0.1, -0.05) is 0 Å². The van der Waals surface area contributed by atoms with E-state index in [2.05, 4.69) is 10.2 Å². The number of nitrogens with one attached hydrogen (secondary N) is 1. The van der Waals surface area contributed by atoms with E-state index in [0.717, 1.165) is 31.9 Å². The number of rotatable bonds is 2. The fourth-order valence-electron chi connectivity index (χ4n) is 1.77. The predicted octanol–water partition coefficient (Wildman–Crippen LogP) is 1.05. The highest BCUT2D eigenvalue weighted by molar-refractivity contribution is 5.77. The number of anilines is 1. The first kappa shape index (κ1) is 10.1. The van der Waals surface area contributed by atoms with E-state index in [1.807, 2.05) is 0 Å². The highest BCUT2D eigenvalue weighted by atomic mass is 19.1. The summed E-state index contributed by atoms with van der Waals surface area (Å²) in [4.78, 5) is 12.7. The fourth-order valence-corrected chi connectivity index (χ4v) is 1.77. The van der Waals surface area contributed by atoms with Crippen LogP contribution in [0.1, 0.15) is 10.4 Å². The minimum absolute atomic E-state index is 0.354. The third kappa shape index (κ3) is 2.33. The molecule has 80 valence electrons. The van der Waals surface area contributed by atoms with Gasteiger partial charge >= 0.3 is 0 Å². The van der Waals surface area contributed by atoms with E-state index in [4.69, 9.17) is 0 Å². The van der Waals surface area contributed by atoms with Gasteiger partial charge in [0.15, 0.2) is 0 Å². The van der Waals surface area contributed by atoms with Gasteiger partial charge in [0.1, 0.15) is 12.1 Å². The van der Waals surface area contributed by atoms with Crippen LogP contribution in [0.2, 0.25) is 0 Å². The summed E-state index contributed by atoms with van der Waals surface area (Å²) < 4.78 is 13.2.